The highest BCUT2D eigenvalue weighted by Gasteiger charge is 2.28. The van der Waals surface area contributed by atoms with Crippen LogP contribution in [0.1, 0.15) is 29.3 Å². The van der Waals surface area contributed by atoms with Crippen LogP contribution in [0.2, 0.25) is 0 Å². The molecule has 4 rings (SSSR count). The van der Waals surface area contributed by atoms with Crippen LogP contribution in [-0.4, -0.2) is 13.6 Å². The molecule has 3 aromatic rings. The first-order chi connectivity index (χ1) is 11.5. The molecule has 0 fully saturated rings. The van der Waals surface area contributed by atoms with Crippen molar-refractivity contribution < 1.29 is 17.3 Å². The number of aromatic nitrogens is 1. The van der Waals surface area contributed by atoms with Crippen molar-refractivity contribution in [2.45, 2.75) is 24.6 Å². The Morgan fingerprint density at radius 2 is 2.08 bits per heavy atom. The smallest absolute Gasteiger partial charge is 0.218 e. The Balaban J connectivity index is 1.58. The van der Waals surface area contributed by atoms with Gasteiger partial charge in [0.1, 0.15) is 17.3 Å². The highest BCUT2D eigenvalue weighted by molar-refractivity contribution is 7.88. The minimum Gasteiger partial charge on any atom is -0.356 e. The molecule has 1 aromatic heterocycles. The molecular formula is C17H15FN2O3S. The lowest BCUT2D eigenvalue weighted by molar-refractivity contribution is 0.448. The van der Waals surface area contributed by atoms with Gasteiger partial charge in [0.2, 0.25) is 10.0 Å². The van der Waals surface area contributed by atoms with Gasteiger partial charge >= 0.3 is 0 Å². The maximum Gasteiger partial charge on any atom is 0.218 e. The van der Waals surface area contributed by atoms with Gasteiger partial charge in [-0.05, 0) is 48.2 Å². The van der Waals surface area contributed by atoms with E-state index in [9.17, 15) is 12.8 Å². The van der Waals surface area contributed by atoms with E-state index in [-0.39, 0.29) is 11.6 Å². The average Bonchev–Trinajstić information content (AvgIpc) is 3.12. The number of nitrogens with zero attached hydrogens (tertiary/aromatic N) is 1. The topological polar surface area (TPSA) is 72.2 Å². The Morgan fingerprint density at radius 1 is 1.25 bits per heavy atom. The van der Waals surface area contributed by atoms with Crippen molar-refractivity contribution >= 4 is 21.0 Å². The summed E-state index contributed by atoms with van der Waals surface area (Å²) in [5.74, 6) is -0.632. The summed E-state index contributed by atoms with van der Waals surface area (Å²) in [5.41, 5.74) is 2.62. The van der Waals surface area contributed by atoms with Crippen LogP contribution in [0, 0.1) is 5.82 Å². The first-order valence-electron chi connectivity index (χ1n) is 7.63. The van der Waals surface area contributed by atoms with Crippen LogP contribution in [0.25, 0.3) is 11.0 Å². The largest absolute Gasteiger partial charge is 0.356 e. The van der Waals surface area contributed by atoms with Gasteiger partial charge in [0.15, 0.2) is 5.58 Å². The zero-order chi connectivity index (χ0) is 16.7. The van der Waals surface area contributed by atoms with Crippen LogP contribution in [0.15, 0.2) is 47.0 Å². The van der Waals surface area contributed by atoms with Crippen molar-refractivity contribution in [1.29, 1.82) is 0 Å². The lowest BCUT2D eigenvalue weighted by Crippen LogP contribution is -2.28. The van der Waals surface area contributed by atoms with Crippen LogP contribution in [0.5, 0.6) is 0 Å². The van der Waals surface area contributed by atoms with Gasteiger partial charge < -0.3 is 4.52 Å². The number of sulfonamides is 1. The summed E-state index contributed by atoms with van der Waals surface area (Å²) in [6.45, 7) is 0. The fourth-order valence-electron chi connectivity index (χ4n) is 3.18. The molecule has 7 heteroatoms. The summed E-state index contributed by atoms with van der Waals surface area (Å²) >= 11 is 0. The van der Waals surface area contributed by atoms with Crippen molar-refractivity contribution in [2.24, 2.45) is 0 Å². The highest BCUT2D eigenvalue weighted by atomic mass is 32.2. The number of nitrogens with one attached hydrogen (secondary N) is 1. The van der Waals surface area contributed by atoms with Crippen molar-refractivity contribution in [3.63, 3.8) is 0 Å². The van der Waals surface area contributed by atoms with Gasteiger partial charge in [-0.25, -0.2) is 17.5 Å². The van der Waals surface area contributed by atoms with E-state index in [1.54, 1.807) is 30.3 Å². The number of rotatable bonds is 4. The van der Waals surface area contributed by atoms with Crippen LogP contribution < -0.4 is 4.72 Å². The van der Waals surface area contributed by atoms with Gasteiger partial charge in [0.05, 0.1) is 0 Å². The summed E-state index contributed by atoms with van der Waals surface area (Å²) in [6, 6.07) is 11.2. The first-order valence-corrected chi connectivity index (χ1v) is 9.29. The normalized spacial score (nSPS) is 17.3. The maximum atomic E-state index is 13.4. The maximum absolute atomic E-state index is 13.4. The zero-order valence-electron chi connectivity index (χ0n) is 12.7. The Labute approximate surface area is 138 Å². The number of fused-ring (bicyclic) bond motifs is 2. The molecular weight excluding hydrogens is 331 g/mol. The molecule has 0 unspecified atom stereocenters. The Bertz CT molecular complexity index is 1010. The molecule has 0 spiro atoms. The summed E-state index contributed by atoms with van der Waals surface area (Å²) in [6.07, 6.45) is 1.35. The van der Waals surface area contributed by atoms with Crippen molar-refractivity contribution in [3.05, 3.63) is 65.1 Å². The van der Waals surface area contributed by atoms with Gasteiger partial charge in [0, 0.05) is 11.4 Å². The van der Waals surface area contributed by atoms with Crippen LogP contribution in [-0.2, 0) is 22.2 Å². The predicted molar refractivity (Wildman–Crippen MR) is 87.2 cm³/mol. The molecule has 24 heavy (non-hydrogen) atoms. The fraction of sp³-hybridized carbons (Fsp3) is 0.235. The Morgan fingerprint density at radius 3 is 2.96 bits per heavy atom. The summed E-state index contributed by atoms with van der Waals surface area (Å²) < 4.78 is 46.3. The highest BCUT2D eigenvalue weighted by Crippen LogP contribution is 2.32. The van der Waals surface area contributed by atoms with E-state index in [0.717, 1.165) is 12.0 Å². The monoisotopic (exact) mass is 346 g/mol. The van der Waals surface area contributed by atoms with Gasteiger partial charge in [-0.3, -0.25) is 0 Å². The lowest BCUT2D eigenvalue weighted by Gasteiger charge is -2.14. The quantitative estimate of drug-likeness (QED) is 0.788. The van der Waals surface area contributed by atoms with Crippen molar-refractivity contribution in [1.82, 2.24) is 9.88 Å². The zero-order valence-corrected chi connectivity index (χ0v) is 13.5. The Kier molecular flexibility index (Phi) is 3.62. The molecule has 0 saturated heterocycles. The molecule has 1 aliphatic rings. The molecule has 1 heterocycles. The van der Waals surface area contributed by atoms with Gasteiger partial charge in [-0.15, -0.1) is 0 Å². The third-order valence-corrected chi connectivity index (χ3v) is 5.58. The number of para-hydroxylation sites is 1. The second kappa shape index (κ2) is 5.68. The molecule has 1 aliphatic carbocycles. The third-order valence-electron chi connectivity index (χ3n) is 4.29. The minimum atomic E-state index is -3.63. The van der Waals surface area contributed by atoms with E-state index in [1.165, 1.54) is 12.1 Å². The predicted octanol–water partition coefficient (Wildman–Crippen LogP) is 3.07. The van der Waals surface area contributed by atoms with E-state index in [0.29, 0.717) is 28.6 Å². The molecule has 1 N–H and O–H groups in total. The number of benzene rings is 2. The molecule has 2 aromatic carbocycles. The van der Waals surface area contributed by atoms with Crippen LogP contribution >= 0.6 is 0 Å². The number of halogens is 1. The van der Waals surface area contributed by atoms with E-state index in [4.69, 9.17) is 4.52 Å². The summed E-state index contributed by atoms with van der Waals surface area (Å²) in [4.78, 5) is 0. The van der Waals surface area contributed by atoms with E-state index < -0.39 is 16.1 Å². The van der Waals surface area contributed by atoms with E-state index in [1.807, 2.05) is 0 Å². The molecule has 0 radical (unpaired) electrons. The van der Waals surface area contributed by atoms with Crippen molar-refractivity contribution in [3.8, 4) is 0 Å². The van der Waals surface area contributed by atoms with Gasteiger partial charge in [-0.1, -0.05) is 23.4 Å². The van der Waals surface area contributed by atoms with Gasteiger partial charge in [-0.2, -0.15) is 0 Å². The molecule has 0 bridgehead atoms. The number of aryl methyl sites for hydroxylation is 1. The van der Waals surface area contributed by atoms with Crippen LogP contribution in [0.4, 0.5) is 4.39 Å². The summed E-state index contributed by atoms with van der Waals surface area (Å²) in [7, 11) is -3.63. The Hall–Kier alpha value is -2.25. The van der Waals surface area contributed by atoms with E-state index >= 15 is 0 Å². The molecule has 0 saturated carbocycles. The molecule has 0 aliphatic heterocycles. The fourth-order valence-corrected chi connectivity index (χ4v) is 4.51. The second-order valence-corrected chi connectivity index (χ2v) is 7.69. The second-order valence-electron chi connectivity index (χ2n) is 5.94. The van der Waals surface area contributed by atoms with Crippen LogP contribution in [0.3, 0.4) is 0 Å². The SMILES string of the molecule is O=S(=O)(Cc1noc2ccccc12)N[C@H]1CCc2ccc(F)cc21. The molecule has 124 valence electrons. The minimum absolute atomic E-state index is 0.273. The summed E-state index contributed by atoms with van der Waals surface area (Å²) in [5, 5.41) is 4.54. The average molecular weight is 346 g/mol. The number of hydrogen-bond donors (Lipinski definition) is 1. The first kappa shape index (κ1) is 15.3. The van der Waals surface area contributed by atoms with E-state index in [2.05, 4.69) is 9.88 Å². The third kappa shape index (κ3) is 2.81. The lowest BCUT2D eigenvalue weighted by atomic mass is 10.1. The number of hydrogen-bond acceptors (Lipinski definition) is 4. The van der Waals surface area contributed by atoms with Crippen molar-refractivity contribution in [2.75, 3.05) is 0 Å². The molecule has 1 atom stereocenters. The van der Waals surface area contributed by atoms with Gasteiger partial charge in [0.25, 0.3) is 0 Å². The molecule has 0 amide bonds. The standard InChI is InChI=1S/C17H15FN2O3S/c18-12-7-5-11-6-8-15(14(11)9-12)20-24(21,22)10-16-13-3-1-2-4-17(13)23-19-16/h1-5,7,9,15,20H,6,8,10H2/t15-/m0/s1. The molecule has 5 nitrogen and oxygen atoms in total.